The average molecular weight is 510 g/mol. The van der Waals surface area contributed by atoms with Crippen LogP contribution in [0.4, 0.5) is 5.00 Å². The first kappa shape index (κ1) is 23.4. The maximum absolute atomic E-state index is 13.0. The highest BCUT2D eigenvalue weighted by molar-refractivity contribution is 8.00. The number of thioether (sulfide) groups is 1. The van der Waals surface area contributed by atoms with Gasteiger partial charge >= 0.3 is 0 Å². The van der Waals surface area contributed by atoms with E-state index >= 15 is 0 Å². The number of thiophene rings is 1. The zero-order valence-corrected chi connectivity index (χ0v) is 21.9. The SMILES string of the molecule is COc1ccc(SCC(=O)Nc2sc3c(c2-c2nc4ccccc4s2)CCN(C(C)C)C3)cc1. The van der Waals surface area contributed by atoms with Crippen LogP contribution in [0.1, 0.15) is 24.3 Å². The van der Waals surface area contributed by atoms with Crippen molar-refractivity contribution in [1.82, 2.24) is 9.88 Å². The van der Waals surface area contributed by atoms with Crippen molar-refractivity contribution in [2.24, 2.45) is 0 Å². The molecule has 3 heterocycles. The molecule has 0 aliphatic carbocycles. The molecule has 1 aliphatic rings. The smallest absolute Gasteiger partial charge is 0.235 e. The first-order valence-electron chi connectivity index (χ1n) is 11.3. The molecule has 0 unspecified atom stereocenters. The number of amides is 1. The predicted octanol–water partition coefficient (Wildman–Crippen LogP) is 6.53. The van der Waals surface area contributed by atoms with E-state index in [1.54, 1.807) is 29.8 Å². The van der Waals surface area contributed by atoms with E-state index in [9.17, 15) is 4.79 Å². The standard InChI is InChI=1S/C26H27N3O2S3/c1-16(2)29-13-12-19-22(14-29)34-26(24(19)25-27-20-6-4-5-7-21(20)33-25)28-23(30)15-32-18-10-8-17(31-3)9-11-18/h4-11,16H,12-15H2,1-3H3,(H,28,30). The normalized spacial score (nSPS) is 13.9. The Bertz CT molecular complexity index is 1280. The molecule has 176 valence electrons. The van der Waals surface area contributed by atoms with E-state index in [0.717, 1.165) is 51.2 Å². The molecule has 34 heavy (non-hydrogen) atoms. The quantitative estimate of drug-likeness (QED) is 0.287. The van der Waals surface area contributed by atoms with Crippen LogP contribution < -0.4 is 10.1 Å². The number of para-hydroxylation sites is 1. The summed E-state index contributed by atoms with van der Waals surface area (Å²) in [7, 11) is 1.65. The van der Waals surface area contributed by atoms with Crippen LogP contribution in [-0.2, 0) is 17.8 Å². The maximum atomic E-state index is 13.0. The topological polar surface area (TPSA) is 54.5 Å². The zero-order valence-electron chi connectivity index (χ0n) is 19.5. The Balaban J connectivity index is 1.41. The molecular formula is C26H27N3O2S3. The van der Waals surface area contributed by atoms with Gasteiger partial charge in [0.15, 0.2) is 0 Å². The maximum Gasteiger partial charge on any atom is 0.235 e. The molecule has 2 aromatic carbocycles. The highest BCUT2D eigenvalue weighted by Crippen LogP contribution is 2.46. The van der Waals surface area contributed by atoms with Gasteiger partial charge in [0.2, 0.25) is 5.91 Å². The van der Waals surface area contributed by atoms with Crippen molar-refractivity contribution in [3.8, 4) is 16.3 Å². The number of methoxy groups -OCH3 is 1. The fraction of sp³-hybridized carbons (Fsp3) is 0.308. The lowest BCUT2D eigenvalue weighted by molar-refractivity contribution is -0.113. The van der Waals surface area contributed by atoms with Crippen molar-refractivity contribution < 1.29 is 9.53 Å². The second-order valence-corrected chi connectivity index (χ2v) is 11.7. The summed E-state index contributed by atoms with van der Waals surface area (Å²) in [6.07, 6.45) is 0.978. The number of nitrogens with zero attached hydrogens (tertiary/aromatic N) is 2. The van der Waals surface area contributed by atoms with Gasteiger partial charge in [-0.3, -0.25) is 9.69 Å². The number of benzene rings is 2. The van der Waals surface area contributed by atoms with Gasteiger partial charge in [0.25, 0.3) is 0 Å². The predicted molar refractivity (Wildman–Crippen MR) is 145 cm³/mol. The van der Waals surface area contributed by atoms with Crippen molar-refractivity contribution in [3.63, 3.8) is 0 Å². The molecule has 5 rings (SSSR count). The summed E-state index contributed by atoms with van der Waals surface area (Å²) < 4.78 is 6.39. The number of ether oxygens (including phenoxy) is 1. The van der Waals surface area contributed by atoms with Crippen LogP contribution in [0.5, 0.6) is 5.75 Å². The number of rotatable bonds is 7. The number of anilines is 1. The molecule has 2 aromatic heterocycles. The molecule has 0 spiro atoms. The van der Waals surface area contributed by atoms with Gasteiger partial charge in [-0.15, -0.1) is 34.4 Å². The number of carbonyl (C=O) groups excluding carboxylic acids is 1. The molecule has 0 saturated heterocycles. The van der Waals surface area contributed by atoms with Crippen LogP contribution in [0, 0.1) is 0 Å². The van der Waals surface area contributed by atoms with Gasteiger partial charge in [-0.1, -0.05) is 12.1 Å². The molecule has 0 atom stereocenters. The van der Waals surface area contributed by atoms with Crippen molar-refractivity contribution in [2.75, 3.05) is 24.7 Å². The van der Waals surface area contributed by atoms with Crippen molar-refractivity contribution in [3.05, 3.63) is 59.0 Å². The third-order valence-electron chi connectivity index (χ3n) is 6.01. The molecule has 1 N–H and O–H groups in total. The number of carbonyl (C=O) groups is 1. The minimum atomic E-state index is 0.00231. The molecule has 1 aliphatic heterocycles. The summed E-state index contributed by atoms with van der Waals surface area (Å²) in [6, 6.07) is 16.5. The summed E-state index contributed by atoms with van der Waals surface area (Å²) in [5, 5.41) is 5.15. The number of thiazole rings is 1. The Kier molecular flexibility index (Phi) is 6.92. The second-order valence-electron chi connectivity index (χ2n) is 8.52. The Morgan fingerprint density at radius 3 is 2.71 bits per heavy atom. The van der Waals surface area contributed by atoms with E-state index in [1.165, 1.54) is 26.9 Å². The van der Waals surface area contributed by atoms with E-state index in [1.807, 2.05) is 36.4 Å². The zero-order chi connectivity index (χ0) is 23.7. The monoisotopic (exact) mass is 509 g/mol. The van der Waals surface area contributed by atoms with Crippen molar-refractivity contribution in [2.45, 2.75) is 37.8 Å². The van der Waals surface area contributed by atoms with Crippen LogP contribution in [0.2, 0.25) is 0 Å². The summed E-state index contributed by atoms with van der Waals surface area (Å²) >= 11 is 4.94. The summed E-state index contributed by atoms with van der Waals surface area (Å²) in [5.74, 6) is 1.17. The van der Waals surface area contributed by atoms with Crippen molar-refractivity contribution >= 4 is 55.6 Å². The molecule has 5 nitrogen and oxygen atoms in total. The number of hydrogen-bond acceptors (Lipinski definition) is 7. The molecule has 0 radical (unpaired) electrons. The Labute approximate surface area is 212 Å². The van der Waals surface area contributed by atoms with Crippen LogP contribution >= 0.6 is 34.4 Å². The van der Waals surface area contributed by atoms with Gasteiger partial charge in [-0.05, 0) is 62.2 Å². The van der Waals surface area contributed by atoms with Gasteiger partial charge in [-0.25, -0.2) is 4.98 Å². The van der Waals surface area contributed by atoms with Crippen LogP contribution in [-0.4, -0.2) is 41.2 Å². The summed E-state index contributed by atoms with van der Waals surface area (Å²) in [6.45, 7) is 6.43. The highest BCUT2D eigenvalue weighted by atomic mass is 32.2. The highest BCUT2D eigenvalue weighted by Gasteiger charge is 2.28. The second kappa shape index (κ2) is 10.1. The Morgan fingerprint density at radius 2 is 1.97 bits per heavy atom. The van der Waals surface area contributed by atoms with Gasteiger partial charge < -0.3 is 10.1 Å². The fourth-order valence-corrected chi connectivity index (χ4v) is 7.24. The number of aromatic nitrogens is 1. The molecule has 0 saturated carbocycles. The van der Waals surface area contributed by atoms with E-state index in [0.29, 0.717) is 11.8 Å². The minimum Gasteiger partial charge on any atom is -0.497 e. The summed E-state index contributed by atoms with van der Waals surface area (Å²) in [4.78, 5) is 22.8. The third kappa shape index (κ3) is 4.86. The molecular weight excluding hydrogens is 483 g/mol. The van der Waals surface area contributed by atoms with E-state index in [-0.39, 0.29) is 5.91 Å². The largest absolute Gasteiger partial charge is 0.497 e. The fourth-order valence-electron chi connectivity index (χ4n) is 4.14. The lowest BCUT2D eigenvalue weighted by Gasteiger charge is -2.30. The minimum absolute atomic E-state index is 0.00231. The molecule has 1 amide bonds. The first-order chi connectivity index (χ1) is 16.5. The molecule has 0 bridgehead atoms. The Morgan fingerprint density at radius 1 is 1.18 bits per heavy atom. The van der Waals surface area contributed by atoms with E-state index in [4.69, 9.17) is 9.72 Å². The number of fused-ring (bicyclic) bond motifs is 2. The molecule has 4 aromatic rings. The van der Waals surface area contributed by atoms with Crippen LogP contribution in [0.25, 0.3) is 20.8 Å². The first-order valence-corrected chi connectivity index (χ1v) is 13.9. The van der Waals surface area contributed by atoms with Crippen LogP contribution in [0.3, 0.4) is 0 Å². The van der Waals surface area contributed by atoms with Gasteiger partial charge in [0.1, 0.15) is 15.8 Å². The number of nitrogens with one attached hydrogen (secondary N) is 1. The van der Waals surface area contributed by atoms with E-state index < -0.39 is 0 Å². The van der Waals surface area contributed by atoms with Gasteiger partial charge in [0, 0.05) is 34.5 Å². The lowest BCUT2D eigenvalue weighted by Crippen LogP contribution is -2.35. The molecule has 0 fully saturated rings. The number of hydrogen-bond donors (Lipinski definition) is 1. The van der Waals surface area contributed by atoms with Gasteiger partial charge in [-0.2, -0.15) is 0 Å². The van der Waals surface area contributed by atoms with Crippen LogP contribution in [0.15, 0.2) is 53.4 Å². The summed E-state index contributed by atoms with van der Waals surface area (Å²) in [5.41, 5.74) is 3.47. The van der Waals surface area contributed by atoms with E-state index in [2.05, 4.69) is 36.2 Å². The lowest BCUT2D eigenvalue weighted by atomic mass is 10.0. The average Bonchev–Trinajstić information content (AvgIpc) is 3.43. The Hall–Kier alpha value is -2.39. The third-order valence-corrected chi connectivity index (χ3v) is 9.20. The molecule has 8 heteroatoms. The van der Waals surface area contributed by atoms with Crippen molar-refractivity contribution in [1.29, 1.82) is 0 Å². The van der Waals surface area contributed by atoms with Gasteiger partial charge in [0.05, 0.1) is 23.1 Å².